The number of hydrogen-bond acceptors (Lipinski definition) is 7. The number of hydrogen-bond donors (Lipinski definition) is 2. The number of carbonyl (C=O) groups is 2. The molecular formula is C42H50F3N7O2. The number of benzene rings is 3. The number of halogens is 3. The van der Waals surface area contributed by atoms with Gasteiger partial charge in [0.2, 0.25) is 11.8 Å². The summed E-state index contributed by atoms with van der Waals surface area (Å²) in [6, 6.07) is 18.6. The third-order valence-electron chi connectivity index (χ3n) is 12.0. The molecule has 0 radical (unpaired) electrons. The number of alkyl halides is 3. The number of piperidine rings is 2. The van der Waals surface area contributed by atoms with E-state index in [0.29, 0.717) is 25.3 Å². The maximum Gasteiger partial charge on any atom is 0.416 e. The Bertz CT molecular complexity index is 1980. The van der Waals surface area contributed by atoms with Crippen LogP contribution in [0.5, 0.6) is 0 Å². The number of amides is 2. The summed E-state index contributed by atoms with van der Waals surface area (Å²) in [4.78, 5) is 33.9. The van der Waals surface area contributed by atoms with Crippen LogP contribution in [0, 0.1) is 5.92 Å². The molecule has 0 saturated carbocycles. The van der Waals surface area contributed by atoms with Crippen LogP contribution in [0.25, 0.3) is 22.0 Å². The summed E-state index contributed by atoms with van der Waals surface area (Å²) in [6.45, 7) is 11.0. The lowest BCUT2D eigenvalue weighted by atomic mass is 9.95. The maximum atomic E-state index is 13.3. The minimum absolute atomic E-state index is 0.167. The van der Waals surface area contributed by atoms with E-state index in [1.54, 1.807) is 12.1 Å². The topological polar surface area (TPSA) is 90.1 Å². The highest BCUT2D eigenvalue weighted by molar-refractivity contribution is 6.00. The molecule has 0 aliphatic carbocycles. The van der Waals surface area contributed by atoms with Gasteiger partial charge in [-0.25, -0.2) is 0 Å². The second-order valence-corrected chi connectivity index (χ2v) is 15.6. The van der Waals surface area contributed by atoms with Gasteiger partial charge in [-0.1, -0.05) is 24.3 Å². The van der Waals surface area contributed by atoms with Crippen LogP contribution in [-0.2, 0) is 41.9 Å². The molecule has 3 aromatic carbocycles. The largest absolute Gasteiger partial charge is 0.416 e. The van der Waals surface area contributed by atoms with Crippen LogP contribution >= 0.6 is 0 Å². The molecule has 3 saturated heterocycles. The van der Waals surface area contributed by atoms with Crippen molar-refractivity contribution in [1.82, 2.24) is 24.6 Å². The van der Waals surface area contributed by atoms with Gasteiger partial charge in [0.1, 0.15) is 0 Å². The second kappa shape index (κ2) is 15.5. The molecule has 3 N–H and O–H groups in total. The monoisotopic (exact) mass is 741 g/mol. The molecule has 12 heteroatoms. The van der Waals surface area contributed by atoms with Crippen LogP contribution < -0.4 is 16.0 Å². The van der Waals surface area contributed by atoms with E-state index in [-0.39, 0.29) is 17.9 Å². The highest BCUT2D eigenvalue weighted by atomic mass is 19.4. The van der Waals surface area contributed by atoms with Crippen molar-refractivity contribution < 1.29 is 22.8 Å². The molecule has 1 unspecified atom stereocenters. The Balaban J connectivity index is 0.832. The number of aromatic nitrogens is 1. The zero-order chi connectivity index (χ0) is 37.4. The minimum atomic E-state index is -4.36. The number of piperazine rings is 1. The first-order chi connectivity index (χ1) is 26.1. The van der Waals surface area contributed by atoms with E-state index in [0.717, 1.165) is 100 Å². The quantitative estimate of drug-likeness (QED) is 0.198. The Morgan fingerprint density at radius 3 is 2.30 bits per heavy atom. The Hall–Kier alpha value is -4.23. The SMILES string of the molecule is NCCCn1cc(-c2ccc(C(F)(F)F)cc2)c2cc(CN3CCC(CN4CCN(c5ccc6c(c5)CN(C5CCC(=O)NC5=O)C6)CC4)CC3)ccc21. The zero-order valence-corrected chi connectivity index (χ0v) is 30.8. The molecule has 9 nitrogen and oxygen atoms in total. The van der Waals surface area contributed by atoms with Gasteiger partial charge in [-0.15, -0.1) is 0 Å². The molecule has 0 spiro atoms. The average Bonchev–Trinajstić information content (AvgIpc) is 3.75. The van der Waals surface area contributed by atoms with E-state index >= 15 is 0 Å². The van der Waals surface area contributed by atoms with Crippen molar-refractivity contribution in [2.24, 2.45) is 11.7 Å². The summed E-state index contributed by atoms with van der Waals surface area (Å²) >= 11 is 0. The van der Waals surface area contributed by atoms with Gasteiger partial charge < -0.3 is 15.2 Å². The van der Waals surface area contributed by atoms with E-state index in [2.05, 4.69) is 72.1 Å². The fraction of sp³-hybridized carbons (Fsp3) is 0.476. The number of anilines is 1. The highest BCUT2D eigenvalue weighted by Gasteiger charge is 2.35. The number of nitrogens with two attached hydrogens (primary N) is 1. The van der Waals surface area contributed by atoms with Gasteiger partial charge >= 0.3 is 6.18 Å². The fourth-order valence-electron chi connectivity index (χ4n) is 8.95. The number of imide groups is 1. The minimum Gasteiger partial charge on any atom is -0.369 e. The van der Waals surface area contributed by atoms with Crippen LogP contribution in [0.1, 0.15) is 54.4 Å². The number of rotatable bonds is 10. The third-order valence-corrected chi connectivity index (χ3v) is 12.0. The molecule has 2 amide bonds. The molecule has 0 bridgehead atoms. The van der Waals surface area contributed by atoms with Crippen molar-refractivity contribution in [3.63, 3.8) is 0 Å². The van der Waals surface area contributed by atoms with Crippen molar-refractivity contribution >= 4 is 28.4 Å². The Morgan fingerprint density at radius 2 is 1.57 bits per heavy atom. The van der Waals surface area contributed by atoms with Crippen LogP contribution in [-0.4, -0.2) is 89.5 Å². The Morgan fingerprint density at radius 1 is 0.815 bits per heavy atom. The molecule has 4 aliphatic rings. The lowest BCUT2D eigenvalue weighted by Gasteiger charge is -2.39. The summed E-state index contributed by atoms with van der Waals surface area (Å²) in [7, 11) is 0. The molecule has 4 aromatic rings. The third kappa shape index (κ3) is 7.93. The molecule has 8 rings (SSSR count). The maximum absolute atomic E-state index is 13.3. The van der Waals surface area contributed by atoms with E-state index < -0.39 is 11.7 Å². The first kappa shape index (κ1) is 36.7. The summed E-state index contributed by atoms with van der Waals surface area (Å²) in [5, 5.41) is 3.56. The normalized spacial score (nSPS) is 20.9. The van der Waals surface area contributed by atoms with Crippen molar-refractivity contribution in [3.05, 3.63) is 89.1 Å². The summed E-state index contributed by atoms with van der Waals surface area (Å²) < 4.78 is 42.0. The molecule has 286 valence electrons. The van der Waals surface area contributed by atoms with Crippen LogP contribution in [0.3, 0.4) is 0 Å². The molecule has 5 heterocycles. The van der Waals surface area contributed by atoms with Gasteiger partial charge in [0, 0.05) is 93.7 Å². The van der Waals surface area contributed by atoms with Crippen LogP contribution in [0.2, 0.25) is 0 Å². The predicted octanol–water partition coefficient (Wildman–Crippen LogP) is 5.83. The summed E-state index contributed by atoms with van der Waals surface area (Å²) in [5.74, 6) is 0.339. The Kier molecular flexibility index (Phi) is 10.5. The number of nitrogens with zero attached hydrogens (tertiary/aromatic N) is 5. The van der Waals surface area contributed by atoms with Crippen molar-refractivity contribution in [3.8, 4) is 11.1 Å². The van der Waals surface area contributed by atoms with Crippen molar-refractivity contribution in [2.45, 2.75) is 70.5 Å². The number of carbonyl (C=O) groups excluding carboxylic acids is 2. The molecule has 1 atom stereocenters. The highest BCUT2D eigenvalue weighted by Crippen LogP contribution is 2.36. The molecular weight excluding hydrogens is 692 g/mol. The van der Waals surface area contributed by atoms with Gasteiger partial charge in [-0.05, 0) is 110 Å². The summed E-state index contributed by atoms with van der Waals surface area (Å²) in [5.41, 5.74) is 13.0. The number of aryl methyl sites for hydroxylation is 1. The van der Waals surface area contributed by atoms with Gasteiger partial charge in [-0.3, -0.25) is 29.6 Å². The van der Waals surface area contributed by atoms with Crippen molar-refractivity contribution in [1.29, 1.82) is 0 Å². The van der Waals surface area contributed by atoms with Gasteiger partial charge in [0.25, 0.3) is 0 Å². The second-order valence-electron chi connectivity index (χ2n) is 15.6. The van der Waals surface area contributed by atoms with E-state index in [1.165, 1.54) is 47.4 Å². The molecule has 3 fully saturated rings. The van der Waals surface area contributed by atoms with Gasteiger partial charge in [0.05, 0.1) is 11.6 Å². The van der Waals surface area contributed by atoms with Crippen LogP contribution in [0.4, 0.5) is 18.9 Å². The zero-order valence-electron chi connectivity index (χ0n) is 30.8. The molecule has 4 aliphatic heterocycles. The molecule has 54 heavy (non-hydrogen) atoms. The number of nitrogens with one attached hydrogen (secondary N) is 1. The van der Waals surface area contributed by atoms with E-state index in [1.807, 2.05) is 0 Å². The first-order valence-electron chi connectivity index (χ1n) is 19.5. The fourth-order valence-corrected chi connectivity index (χ4v) is 8.95. The number of likely N-dealkylation sites (tertiary alicyclic amines) is 1. The Labute approximate surface area is 314 Å². The first-order valence-corrected chi connectivity index (χ1v) is 19.5. The van der Waals surface area contributed by atoms with Crippen molar-refractivity contribution in [2.75, 3.05) is 57.3 Å². The predicted molar refractivity (Wildman–Crippen MR) is 205 cm³/mol. The average molecular weight is 742 g/mol. The number of fused-ring (bicyclic) bond motifs is 2. The van der Waals surface area contributed by atoms with Crippen LogP contribution in [0.15, 0.2) is 66.9 Å². The molecule has 1 aromatic heterocycles. The summed E-state index contributed by atoms with van der Waals surface area (Å²) in [6.07, 6.45) is 1.86. The lowest BCUT2D eigenvalue weighted by Crippen LogP contribution is -2.50. The smallest absolute Gasteiger partial charge is 0.369 e. The van der Waals surface area contributed by atoms with Gasteiger partial charge in [-0.2, -0.15) is 13.2 Å². The van der Waals surface area contributed by atoms with E-state index in [9.17, 15) is 22.8 Å². The van der Waals surface area contributed by atoms with E-state index in [4.69, 9.17) is 5.73 Å². The standard InChI is InChI=1S/C42H50F3N7O2/c43-42(44,45)34-6-3-31(4-7-34)37-28-51(15-1-14-46)38-9-2-30(22-36(37)38)25-48-16-12-29(13-17-48)24-49-18-20-50(21-19-49)35-8-5-32-26-52(27-33(32)23-35)39-10-11-40(53)47-41(39)54/h2-9,22-23,28-29,39H,1,10-21,24-27,46H2,(H,47,53,54). The van der Waals surface area contributed by atoms with Gasteiger partial charge in [0.15, 0.2) is 0 Å². The lowest BCUT2D eigenvalue weighted by molar-refractivity contribution is -0.138.